The van der Waals surface area contributed by atoms with E-state index < -0.39 is 44.4 Å². The highest BCUT2D eigenvalue weighted by atomic mass is 32.2. The lowest BCUT2D eigenvalue weighted by Gasteiger charge is -2.19. The molecule has 2 N–H and O–H groups in total. The number of rotatable bonds is 4. The first-order valence-electron chi connectivity index (χ1n) is 8.71. The van der Waals surface area contributed by atoms with E-state index in [2.05, 4.69) is 0 Å². The van der Waals surface area contributed by atoms with Crippen molar-refractivity contribution in [3.05, 3.63) is 71.3 Å². The Morgan fingerprint density at radius 3 is 1.67 bits per heavy atom. The van der Waals surface area contributed by atoms with Gasteiger partial charge in [-0.1, -0.05) is 18.2 Å². The Morgan fingerprint density at radius 2 is 1.23 bits per heavy atom. The van der Waals surface area contributed by atoms with E-state index >= 15 is 0 Å². The molecule has 30 heavy (non-hydrogen) atoms. The molecular formula is C21H18F4N2O2S. The third-order valence-corrected chi connectivity index (χ3v) is 5.64. The molecule has 0 fully saturated rings. The molecule has 0 saturated carbocycles. The highest BCUT2D eigenvalue weighted by Gasteiger charge is 2.27. The summed E-state index contributed by atoms with van der Waals surface area (Å²) in [7, 11) is -0.415. The second-order valence-electron chi connectivity index (χ2n) is 6.97. The third-order valence-electron chi connectivity index (χ3n) is 4.71. The quantitative estimate of drug-likeness (QED) is 0.368. The van der Waals surface area contributed by atoms with Gasteiger partial charge in [-0.15, -0.1) is 0 Å². The number of aryl methyl sites for hydroxylation is 1. The molecule has 0 spiro atoms. The SMILES string of the molecule is Cc1cc(-c2c(F)c(F)c(F)c(F)c2-c2ccc(S(N)(=O)=O)cc2)ccc1N(C)C. The molecule has 158 valence electrons. The van der Waals surface area contributed by atoms with Gasteiger partial charge in [-0.05, 0) is 47.9 Å². The Balaban J connectivity index is 2.33. The maximum absolute atomic E-state index is 14.8. The van der Waals surface area contributed by atoms with Crippen molar-refractivity contribution in [3.63, 3.8) is 0 Å². The van der Waals surface area contributed by atoms with E-state index in [1.54, 1.807) is 27.1 Å². The van der Waals surface area contributed by atoms with Crippen LogP contribution in [0.15, 0.2) is 47.4 Å². The fourth-order valence-corrected chi connectivity index (χ4v) is 3.81. The van der Waals surface area contributed by atoms with Gasteiger partial charge in [0.05, 0.1) is 4.90 Å². The lowest BCUT2D eigenvalue weighted by Crippen LogP contribution is -2.12. The van der Waals surface area contributed by atoms with Crippen LogP contribution in [0.5, 0.6) is 0 Å². The summed E-state index contributed by atoms with van der Waals surface area (Å²) in [5.74, 6) is -7.01. The summed E-state index contributed by atoms with van der Waals surface area (Å²) >= 11 is 0. The first kappa shape index (κ1) is 21.8. The number of hydrogen-bond donors (Lipinski definition) is 1. The number of nitrogens with two attached hydrogens (primary N) is 1. The Labute approximate surface area is 171 Å². The zero-order valence-electron chi connectivity index (χ0n) is 16.3. The van der Waals surface area contributed by atoms with Crippen molar-refractivity contribution in [1.82, 2.24) is 0 Å². The number of halogens is 4. The molecule has 3 rings (SSSR count). The van der Waals surface area contributed by atoms with Crippen LogP contribution >= 0.6 is 0 Å². The van der Waals surface area contributed by atoms with Gasteiger partial charge in [-0.2, -0.15) is 0 Å². The normalized spacial score (nSPS) is 11.6. The Bertz CT molecular complexity index is 1240. The van der Waals surface area contributed by atoms with Crippen molar-refractivity contribution >= 4 is 15.7 Å². The summed E-state index contributed by atoms with van der Waals surface area (Å²) in [5, 5.41) is 5.04. The summed E-state index contributed by atoms with van der Waals surface area (Å²) in [6, 6.07) is 9.11. The van der Waals surface area contributed by atoms with Crippen LogP contribution in [0.3, 0.4) is 0 Å². The molecule has 0 aromatic heterocycles. The first-order chi connectivity index (χ1) is 13.9. The molecular weight excluding hydrogens is 420 g/mol. The van der Waals surface area contributed by atoms with Gasteiger partial charge in [0.15, 0.2) is 23.3 Å². The number of nitrogens with zero attached hydrogens (tertiary/aromatic N) is 1. The molecule has 0 unspecified atom stereocenters. The number of benzene rings is 3. The third kappa shape index (κ3) is 3.78. The fraction of sp³-hybridized carbons (Fsp3) is 0.143. The fourth-order valence-electron chi connectivity index (χ4n) is 3.30. The van der Waals surface area contributed by atoms with Crippen LogP contribution in [0.2, 0.25) is 0 Å². The van der Waals surface area contributed by atoms with Crippen molar-refractivity contribution < 1.29 is 26.0 Å². The van der Waals surface area contributed by atoms with Gasteiger partial charge in [-0.25, -0.2) is 31.1 Å². The van der Waals surface area contributed by atoms with Gasteiger partial charge in [0.2, 0.25) is 10.0 Å². The molecule has 4 nitrogen and oxygen atoms in total. The van der Waals surface area contributed by atoms with Gasteiger partial charge in [0.25, 0.3) is 0 Å². The van der Waals surface area contributed by atoms with Gasteiger partial charge >= 0.3 is 0 Å². The molecule has 0 heterocycles. The number of primary sulfonamides is 1. The predicted octanol–water partition coefficient (Wildman–Crippen LogP) is 4.60. The van der Waals surface area contributed by atoms with E-state index in [1.165, 1.54) is 12.1 Å². The molecule has 0 aliphatic carbocycles. The van der Waals surface area contributed by atoms with E-state index in [-0.39, 0.29) is 16.0 Å². The molecule has 3 aromatic carbocycles. The van der Waals surface area contributed by atoms with E-state index in [4.69, 9.17) is 5.14 Å². The molecule has 0 amide bonds. The average molecular weight is 438 g/mol. The highest BCUT2D eigenvalue weighted by molar-refractivity contribution is 7.89. The summed E-state index contributed by atoms with van der Waals surface area (Å²) < 4.78 is 80.6. The summed E-state index contributed by atoms with van der Waals surface area (Å²) in [4.78, 5) is 1.55. The molecule has 0 atom stereocenters. The van der Waals surface area contributed by atoms with Crippen molar-refractivity contribution in [3.8, 4) is 22.3 Å². The van der Waals surface area contributed by atoms with Crippen LogP contribution in [0.4, 0.5) is 23.2 Å². The lowest BCUT2D eigenvalue weighted by atomic mass is 9.92. The zero-order valence-corrected chi connectivity index (χ0v) is 17.1. The molecule has 0 aliphatic heterocycles. The predicted molar refractivity (Wildman–Crippen MR) is 108 cm³/mol. The monoisotopic (exact) mass is 438 g/mol. The smallest absolute Gasteiger partial charge is 0.238 e. The Morgan fingerprint density at radius 1 is 0.767 bits per heavy atom. The van der Waals surface area contributed by atoms with Crippen molar-refractivity contribution in [2.24, 2.45) is 5.14 Å². The molecule has 3 aromatic rings. The minimum Gasteiger partial charge on any atom is -0.377 e. The van der Waals surface area contributed by atoms with Crippen molar-refractivity contribution in [1.29, 1.82) is 0 Å². The molecule has 0 bridgehead atoms. The van der Waals surface area contributed by atoms with E-state index in [0.717, 1.165) is 30.0 Å². The van der Waals surface area contributed by atoms with Crippen molar-refractivity contribution in [2.45, 2.75) is 11.8 Å². The highest BCUT2D eigenvalue weighted by Crippen LogP contribution is 2.40. The van der Waals surface area contributed by atoms with E-state index in [1.807, 2.05) is 4.90 Å². The number of anilines is 1. The minimum absolute atomic E-state index is 0.0398. The minimum atomic E-state index is -4.02. The molecule has 0 aliphatic rings. The number of sulfonamides is 1. The number of hydrogen-bond acceptors (Lipinski definition) is 3. The van der Waals surface area contributed by atoms with Crippen molar-refractivity contribution in [2.75, 3.05) is 19.0 Å². The Kier molecular flexibility index (Phi) is 5.62. The van der Waals surface area contributed by atoms with Crippen LogP contribution in [0.25, 0.3) is 22.3 Å². The van der Waals surface area contributed by atoms with Crippen LogP contribution in [-0.2, 0) is 10.0 Å². The summed E-state index contributed by atoms with van der Waals surface area (Å²) in [6.45, 7) is 1.74. The van der Waals surface area contributed by atoms with Crippen LogP contribution in [0.1, 0.15) is 5.56 Å². The first-order valence-corrected chi connectivity index (χ1v) is 10.3. The zero-order chi connectivity index (χ0) is 22.4. The molecule has 9 heteroatoms. The largest absolute Gasteiger partial charge is 0.377 e. The second-order valence-corrected chi connectivity index (χ2v) is 8.53. The van der Waals surface area contributed by atoms with Gasteiger partial charge in [-0.3, -0.25) is 0 Å². The maximum atomic E-state index is 14.8. The summed E-state index contributed by atoms with van der Waals surface area (Å²) in [6.07, 6.45) is 0. The van der Waals surface area contributed by atoms with Gasteiger partial charge in [0.1, 0.15) is 0 Å². The topological polar surface area (TPSA) is 63.4 Å². The average Bonchev–Trinajstić information content (AvgIpc) is 2.68. The lowest BCUT2D eigenvalue weighted by molar-refractivity contribution is 0.412. The summed E-state index contributed by atoms with van der Waals surface area (Å²) in [5.41, 5.74) is 0.618. The molecule has 0 saturated heterocycles. The van der Waals surface area contributed by atoms with Crippen LogP contribution in [-0.4, -0.2) is 22.5 Å². The van der Waals surface area contributed by atoms with Gasteiger partial charge < -0.3 is 4.90 Å². The maximum Gasteiger partial charge on any atom is 0.238 e. The van der Waals surface area contributed by atoms with Crippen LogP contribution < -0.4 is 10.0 Å². The second kappa shape index (κ2) is 7.73. The van der Waals surface area contributed by atoms with Crippen LogP contribution in [0, 0.1) is 30.2 Å². The Hall–Kier alpha value is -2.91. The standard InChI is InChI=1S/C21H18F4N2O2S/c1-11-10-13(6-9-15(11)27(2)3)17-16(18(22)20(24)21(25)19(17)23)12-4-7-14(8-5-12)30(26,28)29/h4-10H,1-3H3,(H2,26,28,29). The molecule has 0 radical (unpaired) electrons. The van der Waals surface area contributed by atoms with E-state index in [0.29, 0.717) is 5.56 Å². The van der Waals surface area contributed by atoms with E-state index in [9.17, 15) is 26.0 Å². The van der Waals surface area contributed by atoms with Gasteiger partial charge in [0, 0.05) is 30.9 Å².